The summed E-state index contributed by atoms with van der Waals surface area (Å²) >= 11 is 0. The van der Waals surface area contributed by atoms with Crippen LogP contribution in [0, 0.1) is 18.8 Å². The Morgan fingerprint density at radius 3 is 2.68 bits per heavy atom. The van der Waals surface area contributed by atoms with Crippen molar-refractivity contribution in [1.82, 2.24) is 25.6 Å². The molecule has 2 aliphatic carbocycles. The van der Waals surface area contributed by atoms with Gasteiger partial charge in [-0.2, -0.15) is 0 Å². The number of aromatic amines is 1. The molecule has 3 aromatic rings. The van der Waals surface area contributed by atoms with Crippen LogP contribution in [0.1, 0.15) is 74.0 Å². The molecule has 3 unspecified atom stereocenters. The Hall–Kier alpha value is -3.56. The van der Waals surface area contributed by atoms with Crippen molar-refractivity contribution in [1.29, 1.82) is 0 Å². The fourth-order valence-corrected chi connectivity index (χ4v) is 5.23. The van der Waals surface area contributed by atoms with Crippen molar-refractivity contribution < 1.29 is 23.1 Å². The maximum absolute atomic E-state index is 13.6. The first-order valence-corrected chi connectivity index (χ1v) is 13.2. The smallest absolute Gasteiger partial charge is 0.263 e. The van der Waals surface area contributed by atoms with Crippen molar-refractivity contribution in [2.45, 2.75) is 71.4 Å². The first kappa shape index (κ1) is 26.1. The molecule has 10 heteroatoms. The van der Waals surface area contributed by atoms with Gasteiger partial charge in [-0.3, -0.25) is 9.59 Å². The second-order valence-corrected chi connectivity index (χ2v) is 10.5. The van der Waals surface area contributed by atoms with Gasteiger partial charge in [0.1, 0.15) is 23.3 Å². The first-order valence-electron chi connectivity index (χ1n) is 13.2. The summed E-state index contributed by atoms with van der Waals surface area (Å²) in [6.07, 6.45) is 2.77. The molecule has 38 heavy (non-hydrogen) atoms. The molecular formula is C28H33F2N5O3. The number of H-pyrrole nitrogens is 1. The number of halogens is 2. The third-order valence-electron chi connectivity index (χ3n) is 7.57. The summed E-state index contributed by atoms with van der Waals surface area (Å²) in [4.78, 5) is 37.3. The van der Waals surface area contributed by atoms with E-state index in [1.165, 1.54) is 18.5 Å². The van der Waals surface area contributed by atoms with Crippen LogP contribution in [-0.4, -0.2) is 45.5 Å². The van der Waals surface area contributed by atoms with E-state index in [0.29, 0.717) is 64.7 Å². The molecule has 2 fully saturated rings. The molecule has 2 aromatic heterocycles. The summed E-state index contributed by atoms with van der Waals surface area (Å²) in [5, 5.41) is 6.15. The second-order valence-electron chi connectivity index (χ2n) is 10.5. The number of aryl methyl sites for hydroxylation is 1. The van der Waals surface area contributed by atoms with Crippen LogP contribution in [0.4, 0.5) is 8.78 Å². The number of nitrogens with zero attached hydrogens (tertiary/aromatic N) is 2. The number of ether oxygens (including phenoxy) is 1. The minimum absolute atomic E-state index is 0.00210. The highest BCUT2D eigenvalue weighted by atomic mass is 19.3. The monoisotopic (exact) mass is 525 g/mol. The Morgan fingerprint density at radius 2 is 1.97 bits per heavy atom. The van der Waals surface area contributed by atoms with Crippen LogP contribution in [0.3, 0.4) is 0 Å². The zero-order valence-corrected chi connectivity index (χ0v) is 21.8. The molecule has 2 heterocycles. The van der Waals surface area contributed by atoms with Crippen molar-refractivity contribution in [3.8, 4) is 17.0 Å². The fourth-order valence-electron chi connectivity index (χ4n) is 5.23. The Kier molecular flexibility index (Phi) is 7.32. The predicted molar refractivity (Wildman–Crippen MR) is 139 cm³/mol. The number of aromatic nitrogens is 3. The van der Waals surface area contributed by atoms with Crippen molar-refractivity contribution in [2.24, 2.45) is 11.8 Å². The van der Waals surface area contributed by atoms with Gasteiger partial charge in [0, 0.05) is 35.3 Å². The van der Waals surface area contributed by atoms with Gasteiger partial charge in [0.05, 0.1) is 17.7 Å². The van der Waals surface area contributed by atoms with Crippen LogP contribution in [0.25, 0.3) is 22.3 Å². The van der Waals surface area contributed by atoms with E-state index in [9.17, 15) is 18.4 Å². The van der Waals surface area contributed by atoms with Crippen molar-refractivity contribution in [3.05, 3.63) is 41.3 Å². The van der Waals surface area contributed by atoms with Crippen LogP contribution in [-0.2, 0) is 4.79 Å². The number of hydrogen-bond donors (Lipinski definition) is 3. The summed E-state index contributed by atoms with van der Waals surface area (Å²) in [5.74, 6) is 0.880. The highest BCUT2D eigenvalue weighted by molar-refractivity contribution is 6.09. The molecule has 3 atom stereocenters. The van der Waals surface area contributed by atoms with E-state index < -0.39 is 6.43 Å². The Bertz CT molecular complexity index is 1350. The number of hydrogen-bond acceptors (Lipinski definition) is 5. The number of carbonyl (C=O) groups is 2. The maximum atomic E-state index is 13.6. The van der Waals surface area contributed by atoms with E-state index >= 15 is 0 Å². The van der Waals surface area contributed by atoms with Crippen LogP contribution < -0.4 is 15.4 Å². The molecule has 202 valence electrons. The van der Waals surface area contributed by atoms with Gasteiger partial charge in [-0.1, -0.05) is 13.8 Å². The van der Waals surface area contributed by atoms with Gasteiger partial charge in [0.2, 0.25) is 5.91 Å². The maximum Gasteiger partial charge on any atom is 0.263 e. The summed E-state index contributed by atoms with van der Waals surface area (Å²) < 4.78 is 33.2. The highest BCUT2D eigenvalue weighted by Crippen LogP contribution is 2.38. The lowest BCUT2D eigenvalue weighted by Gasteiger charge is -2.17. The van der Waals surface area contributed by atoms with E-state index in [1.54, 1.807) is 13.0 Å². The quantitative estimate of drug-likeness (QED) is 0.361. The fraction of sp³-hybridized carbons (Fsp3) is 0.500. The molecule has 5 rings (SSSR count). The van der Waals surface area contributed by atoms with Gasteiger partial charge in [-0.25, -0.2) is 18.7 Å². The van der Waals surface area contributed by atoms with Gasteiger partial charge in [0.15, 0.2) is 0 Å². The SMILES string of the molecule is CCC(=O)NC1CC(C)C(NC(=O)c2c(C)[nH]c3c(-c4cc(C(F)F)ccc4OCC4CC4)ncnc23)C1. The van der Waals surface area contributed by atoms with Gasteiger partial charge >= 0.3 is 0 Å². The zero-order valence-electron chi connectivity index (χ0n) is 21.8. The van der Waals surface area contributed by atoms with Gasteiger partial charge in [-0.15, -0.1) is 0 Å². The minimum Gasteiger partial charge on any atom is -0.493 e. The molecule has 2 amide bonds. The number of benzene rings is 1. The molecule has 0 spiro atoms. The van der Waals surface area contributed by atoms with E-state index in [4.69, 9.17) is 4.74 Å². The average Bonchev–Trinajstić information content (AvgIpc) is 3.57. The lowest BCUT2D eigenvalue weighted by Crippen LogP contribution is -2.38. The lowest BCUT2D eigenvalue weighted by atomic mass is 10.0. The van der Waals surface area contributed by atoms with Crippen LogP contribution in [0.5, 0.6) is 5.75 Å². The molecule has 0 bridgehead atoms. The van der Waals surface area contributed by atoms with Gasteiger partial charge in [-0.05, 0) is 62.6 Å². The standard InChI is InChI=1S/C28H33F2N5O3/c1-4-22(36)34-18-9-14(2)20(11-18)35-28(37)23-15(3)33-26-24(31-13-32-25(23)26)19-10-17(27(29)30)7-8-21(19)38-12-16-5-6-16/h7-8,10,13-14,16,18,20,27,33H,4-6,9,11-12H2,1-3H3,(H,34,36)(H,35,37). The number of fused-ring (bicyclic) bond motifs is 1. The molecule has 0 aliphatic heterocycles. The van der Waals surface area contributed by atoms with Crippen LogP contribution >= 0.6 is 0 Å². The third-order valence-corrected chi connectivity index (χ3v) is 7.57. The zero-order chi connectivity index (χ0) is 27.0. The largest absolute Gasteiger partial charge is 0.493 e. The molecule has 2 aliphatic rings. The Labute approximate surface area is 220 Å². The number of rotatable bonds is 9. The molecular weight excluding hydrogens is 492 g/mol. The first-order chi connectivity index (χ1) is 18.2. The van der Waals surface area contributed by atoms with E-state index in [1.807, 2.05) is 6.92 Å². The number of alkyl halides is 2. The summed E-state index contributed by atoms with van der Waals surface area (Å²) in [5.41, 5.74) is 2.61. The Balaban J connectivity index is 1.45. The van der Waals surface area contributed by atoms with Crippen molar-refractivity contribution in [3.63, 3.8) is 0 Å². The summed E-state index contributed by atoms with van der Waals surface area (Å²) in [6.45, 7) is 6.17. The predicted octanol–water partition coefficient (Wildman–Crippen LogP) is 5.08. The highest BCUT2D eigenvalue weighted by Gasteiger charge is 2.34. The number of amides is 2. The topological polar surface area (TPSA) is 109 Å². The van der Waals surface area contributed by atoms with E-state index in [0.717, 1.165) is 19.3 Å². The molecule has 2 saturated carbocycles. The summed E-state index contributed by atoms with van der Waals surface area (Å²) in [7, 11) is 0. The molecule has 0 saturated heterocycles. The Morgan fingerprint density at radius 1 is 1.18 bits per heavy atom. The van der Waals surface area contributed by atoms with Crippen molar-refractivity contribution in [2.75, 3.05) is 6.61 Å². The molecule has 0 radical (unpaired) electrons. The normalized spacial score (nSPS) is 21.2. The van der Waals surface area contributed by atoms with Gasteiger partial charge in [0.25, 0.3) is 12.3 Å². The second kappa shape index (κ2) is 10.7. The average molecular weight is 526 g/mol. The van der Waals surface area contributed by atoms with Crippen LogP contribution in [0.2, 0.25) is 0 Å². The minimum atomic E-state index is -2.64. The molecule has 1 aromatic carbocycles. The molecule has 8 nitrogen and oxygen atoms in total. The number of carbonyl (C=O) groups excluding carboxylic acids is 2. The third kappa shape index (κ3) is 5.35. The van der Waals surface area contributed by atoms with Crippen LogP contribution in [0.15, 0.2) is 24.5 Å². The van der Waals surface area contributed by atoms with Crippen molar-refractivity contribution >= 4 is 22.8 Å². The van der Waals surface area contributed by atoms with Gasteiger partial charge < -0.3 is 20.4 Å². The van der Waals surface area contributed by atoms with E-state index in [2.05, 4.69) is 32.5 Å². The number of nitrogens with one attached hydrogen (secondary N) is 3. The summed E-state index contributed by atoms with van der Waals surface area (Å²) in [6, 6.07) is 4.26. The molecule has 3 N–H and O–H groups in total. The lowest BCUT2D eigenvalue weighted by molar-refractivity contribution is -0.121. The van der Waals surface area contributed by atoms with E-state index in [-0.39, 0.29) is 35.4 Å².